The molecule has 0 rings (SSSR count). The molecule has 0 saturated carbocycles. The fraction of sp³-hybridized carbons (Fsp3) is 0.944. The monoisotopic (exact) mass is 348 g/mol. The van der Waals surface area contributed by atoms with Gasteiger partial charge in [0.05, 0.1) is 6.61 Å². The highest BCUT2D eigenvalue weighted by Crippen LogP contribution is 2.35. The molecule has 0 heterocycles. The summed E-state index contributed by atoms with van der Waals surface area (Å²) in [6.07, 6.45) is 0.907. The quantitative estimate of drug-likeness (QED) is 0.379. The van der Waals surface area contributed by atoms with E-state index in [1.807, 2.05) is 48.5 Å². The molecule has 0 amide bonds. The number of aliphatic hydroxyl groups excluding tert-OH is 1. The standard InChI is InChI=1S/C18H38NO5/c1-9-23-16(21)13-14(2)12-15(10-11-20)24-19(22,17(3,4)5)18(6,7)8/h14-15,20,22H,9-13H2,1-8H3/q+1. The average molecular weight is 349 g/mol. The highest BCUT2D eigenvalue weighted by molar-refractivity contribution is 5.69. The Balaban J connectivity index is 5.13. The number of nitrogens with zero attached hydrogens (tertiary/aromatic N) is 1. The number of aliphatic hydroxyl groups is 1. The van der Waals surface area contributed by atoms with Crippen molar-refractivity contribution in [2.75, 3.05) is 13.2 Å². The van der Waals surface area contributed by atoms with Crippen LogP contribution in [0.4, 0.5) is 0 Å². The van der Waals surface area contributed by atoms with Gasteiger partial charge in [-0.3, -0.25) is 4.79 Å². The van der Waals surface area contributed by atoms with Gasteiger partial charge in [0.1, 0.15) is 6.10 Å². The molecule has 0 aromatic carbocycles. The highest BCUT2D eigenvalue weighted by Gasteiger charge is 2.53. The summed E-state index contributed by atoms with van der Waals surface area (Å²) in [4.78, 5) is 17.2. The zero-order valence-electron chi connectivity index (χ0n) is 16.8. The van der Waals surface area contributed by atoms with E-state index < -0.39 is 15.9 Å². The molecule has 24 heavy (non-hydrogen) atoms. The highest BCUT2D eigenvalue weighted by atomic mass is 16.9. The van der Waals surface area contributed by atoms with Gasteiger partial charge >= 0.3 is 5.97 Å². The average Bonchev–Trinajstić information content (AvgIpc) is 2.35. The molecule has 0 fully saturated rings. The molecule has 6 heteroatoms. The SMILES string of the molecule is CCOC(=O)CC(C)CC(CCO)O[N+](O)(C(C)(C)C)C(C)(C)C. The van der Waals surface area contributed by atoms with E-state index in [1.54, 1.807) is 6.92 Å². The molecular formula is C18H38NO5+. The van der Waals surface area contributed by atoms with E-state index in [2.05, 4.69) is 0 Å². The minimum atomic E-state index is -0.573. The summed E-state index contributed by atoms with van der Waals surface area (Å²) in [5.41, 5.74) is -1.12. The lowest BCUT2D eigenvalue weighted by atomic mass is 9.97. The van der Waals surface area contributed by atoms with E-state index in [-0.39, 0.29) is 24.6 Å². The zero-order valence-corrected chi connectivity index (χ0v) is 16.8. The Bertz CT molecular complexity index is 370. The molecule has 2 atom stereocenters. The fourth-order valence-corrected chi connectivity index (χ4v) is 2.93. The van der Waals surface area contributed by atoms with Gasteiger partial charge in [0.2, 0.25) is 0 Å². The van der Waals surface area contributed by atoms with E-state index >= 15 is 0 Å². The number of esters is 1. The number of hydrogen-bond acceptors (Lipinski definition) is 5. The van der Waals surface area contributed by atoms with E-state index in [0.29, 0.717) is 25.9 Å². The predicted molar refractivity (Wildman–Crippen MR) is 93.2 cm³/mol. The third-order valence-corrected chi connectivity index (χ3v) is 4.06. The second-order valence-corrected chi connectivity index (χ2v) is 8.51. The molecule has 0 spiro atoms. The largest absolute Gasteiger partial charge is 0.466 e. The van der Waals surface area contributed by atoms with Gasteiger partial charge in [-0.15, -0.1) is 0 Å². The van der Waals surface area contributed by atoms with Crippen LogP contribution in [-0.4, -0.2) is 51.5 Å². The topological polar surface area (TPSA) is 76.0 Å². The van der Waals surface area contributed by atoms with Crippen molar-refractivity contribution < 1.29 is 29.5 Å². The van der Waals surface area contributed by atoms with Crippen molar-refractivity contribution in [1.29, 1.82) is 0 Å². The van der Waals surface area contributed by atoms with Gasteiger partial charge in [0, 0.05) is 19.4 Å². The Labute approximate surface area is 147 Å². The fourth-order valence-electron chi connectivity index (χ4n) is 2.93. The number of quaternary nitrogens is 1. The summed E-state index contributed by atoms with van der Waals surface area (Å²) >= 11 is 0. The summed E-state index contributed by atoms with van der Waals surface area (Å²) in [7, 11) is 0. The van der Waals surface area contributed by atoms with Crippen LogP contribution in [0.25, 0.3) is 0 Å². The maximum absolute atomic E-state index is 11.6. The van der Waals surface area contributed by atoms with Gasteiger partial charge in [0.15, 0.2) is 11.1 Å². The van der Waals surface area contributed by atoms with Crippen molar-refractivity contribution >= 4 is 5.97 Å². The molecule has 0 bridgehead atoms. The minimum Gasteiger partial charge on any atom is -0.466 e. The molecule has 2 unspecified atom stereocenters. The minimum absolute atomic E-state index is 0.0361. The molecule has 2 N–H and O–H groups in total. The normalized spacial score (nSPS) is 15.9. The Kier molecular flexibility index (Phi) is 8.87. The summed E-state index contributed by atoms with van der Waals surface area (Å²) in [5, 5.41) is 20.6. The van der Waals surface area contributed by atoms with Gasteiger partial charge in [-0.25, -0.2) is 0 Å². The number of hydroxylamine groups is 4. The van der Waals surface area contributed by atoms with Crippen LogP contribution in [0.1, 0.15) is 74.7 Å². The van der Waals surface area contributed by atoms with Crippen molar-refractivity contribution in [3.63, 3.8) is 0 Å². The molecule has 0 aromatic heterocycles. The second-order valence-electron chi connectivity index (χ2n) is 8.51. The van der Waals surface area contributed by atoms with E-state index in [0.717, 1.165) is 0 Å². The molecule has 0 radical (unpaired) electrons. The van der Waals surface area contributed by atoms with Crippen LogP contribution in [0.5, 0.6) is 0 Å². The molecule has 0 aliphatic rings. The predicted octanol–water partition coefficient (Wildman–Crippen LogP) is 3.45. The number of hydrogen-bond donors (Lipinski definition) is 2. The van der Waals surface area contributed by atoms with Crippen LogP contribution in [-0.2, 0) is 14.4 Å². The molecule has 6 nitrogen and oxygen atoms in total. The first kappa shape index (κ1) is 23.3. The van der Waals surface area contributed by atoms with Crippen LogP contribution >= 0.6 is 0 Å². The number of ether oxygens (including phenoxy) is 1. The summed E-state index contributed by atoms with van der Waals surface area (Å²) in [5.74, 6) is -0.196. The van der Waals surface area contributed by atoms with Crippen LogP contribution < -0.4 is 0 Å². The number of carbonyl (C=O) groups excluding carboxylic acids is 1. The summed E-state index contributed by atoms with van der Waals surface area (Å²) in [6.45, 7) is 15.5. The van der Waals surface area contributed by atoms with Crippen molar-refractivity contribution in [3.05, 3.63) is 0 Å². The van der Waals surface area contributed by atoms with Gasteiger partial charge in [-0.05, 0) is 65.6 Å². The van der Waals surface area contributed by atoms with Gasteiger partial charge < -0.3 is 9.84 Å². The maximum Gasteiger partial charge on any atom is 0.306 e. The van der Waals surface area contributed by atoms with E-state index in [4.69, 9.17) is 9.57 Å². The van der Waals surface area contributed by atoms with E-state index in [1.165, 1.54) is 0 Å². The summed E-state index contributed by atoms with van der Waals surface area (Å²) in [6, 6.07) is 0. The third kappa shape index (κ3) is 6.67. The van der Waals surface area contributed by atoms with Gasteiger partial charge in [0.25, 0.3) is 0 Å². The Morgan fingerprint density at radius 3 is 2.00 bits per heavy atom. The molecule has 0 aliphatic heterocycles. The Hall–Kier alpha value is -0.690. The first-order valence-electron chi connectivity index (χ1n) is 8.85. The lowest BCUT2D eigenvalue weighted by Crippen LogP contribution is -2.68. The van der Waals surface area contributed by atoms with E-state index in [9.17, 15) is 15.1 Å². The smallest absolute Gasteiger partial charge is 0.306 e. The van der Waals surface area contributed by atoms with Gasteiger partial charge in [-0.2, -0.15) is 10.0 Å². The lowest BCUT2D eigenvalue weighted by molar-refractivity contribution is -1.30. The van der Waals surface area contributed by atoms with Crippen LogP contribution in [0.3, 0.4) is 0 Å². The van der Waals surface area contributed by atoms with Crippen LogP contribution in [0.15, 0.2) is 0 Å². The number of rotatable bonds is 9. The van der Waals surface area contributed by atoms with Crippen LogP contribution in [0.2, 0.25) is 0 Å². The second kappa shape index (κ2) is 9.13. The van der Waals surface area contributed by atoms with Crippen molar-refractivity contribution in [1.82, 2.24) is 0 Å². The Morgan fingerprint density at radius 1 is 1.12 bits per heavy atom. The molecular weight excluding hydrogens is 310 g/mol. The molecule has 0 saturated heterocycles. The van der Waals surface area contributed by atoms with Crippen molar-refractivity contribution in [3.8, 4) is 0 Å². The Morgan fingerprint density at radius 2 is 1.62 bits per heavy atom. The molecule has 0 aliphatic carbocycles. The van der Waals surface area contributed by atoms with Crippen molar-refractivity contribution in [2.24, 2.45) is 5.92 Å². The maximum atomic E-state index is 11.6. The van der Waals surface area contributed by atoms with Crippen LogP contribution in [0, 0.1) is 5.92 Å². The van der Waals surface area contributed by atoms with Gasteiger partial charge in [-0.1, -0.05) is 6.92 Å². The first-order valence-corrected chi connectivity index (χ1v) is 8.85. The first-order chi connectivity index (χ1) is 10.8. The van der Waals surface area contributed by atoms with Crippen molar-refractivity contribution in [2.45, 2.75) is 91.8 Å². The molecule has 0 aromatic rings. The third-order valence-electron chi connectivity index (χ3n) is 4.06. The zero-order chi connectivity index (χ0) is 19.2. The lowest BCUT2D eigenvalue weighted by Gasteiger charge is -2.48. The number of carbonyl (C=O) groups is 1. The summed E-state index contributed by atoms with van der Waals surface area (Å²) < 4.78 is 4.98. The molecule has 144 valence electrons.